The normalized spacial score (nSPS) is 13.4. The predicted octanol–water partition coefficient (Wildman–Crippen LogP) is 5.46. The molecule has 0 spiro atoms. The molecule has 1 aliphatic rings. The van der Waals surface area contributed by atoms with Gasteiger partial charge in [0.05, 0.1) is 0 Å². The number of hydrogen-bond donors (Lipinski definition) is 0. The minimum absolute atomic E-state index is 0.144. The van der Waals surface area contributed by atoms with Gasteiger partial charge >= 0.3 is 0 Å². The molecule has 6 nitrogen and oxygen atoms in total. The minimum Gasteiger partial charge on any atom is -0.492 e. The number of ether oxygens (including phenoxy) is 2. The molecule has 1 aliphatic carbocycles. The molecule has 0 N–H and O–H groups in total. The van der Waals surface area contributed by atoms with E-state index in [1.54, 1.807) is 36.4 Å². The quantitative estimate of drug-likeness (QED) is 0.333. The smallest absolute Gasteiger partial charge is 0.194 e. The van der Waals surface area contributed by atoms with Crippen LogP contribution in [0, 0.1) is 0 Å². The third-order valence-electron chi connectivity index (χ3n) is 6.85. The van der Waals surface area contributed by atoms with E-state index < -0.39 is 0 Å². The highest BCUT2D eigenvalue weighted by molar-refractivity contribution is 6.28. The topological polar surface area (TPSA) is 59.1 Å². The zero-order valence-electron chi connectivity index (χ0n) is 23.1. The number of benzene rings is 2. The Bertz CT molecular complexity index is 977. The van der Waals surface area contributed by atoms with Crippen molar-refractivity contribution in [3.8, 4) is 11.5 Å². The molecule has 0 saturated heterocycles. The summed E-state index contributed by atoms with van der Waals surface area (Å²) in [7, 11) is 0. The van der Waals surface area contributed by atoms with Gasteiger partial charge < -0.3 is 9.47 Å². The molecule has 2 aromatic rings. The first-order valence-corrected chi connectivity index (χ1v) is 13.2. The fraction of sp³-hybridized carbons (Fsp3) is 0.533. The second kappa shape index (κ2) is 12.0. The summed E-state index contributed by atoms with van der Waals surface area (Å²) in [6.45, 7) is 19.9. The highest BCUT2D eigenvalue weighted by Gasteiger charge is 2.30. The zero-order valence-corrected chi connectivity index (χ0v) is 23.1. The number of carbonyl (C=O) groups excluding carboxylic acids is 2. The average molecular weight is 495 g/mol. The number of rotatable bonds is 12. The Morgan fingerprint density at radius 2 is 0.889 bits per heavy atom. The maximum absolute atomic E-state index is 13.4. The summed E-state index contributed by atoms with van der Waals surface area (Å²) in [4.78, 5) is 31.2. The highest BCUT2D eigenvalue weighted by Crippen LogP contribution is 2.32. The Kier molecular flexibility index (Phi) is 9.31. The third-order valence-corrected chi connectivity index (χ3v) is 6.85. The first kappa shape index (κ1) is 27.9. The van der Waals surface area contributed by atoms with Crippen molar-refractivity contribution in [2.24, 2.45) is 0 Å². The second-order valence-electron chi connectivity index (χ2n) is 10.6. The van der Waals surface area contributed by atoms with Crippen molar-refractivity contribution in [2.45, 2.75) is 79.6 Å². The first-order chi connectivity index (χ1) is 17.0. The van der Waals surface area contributed by atoms with Crippen LogP contribution in [0.3, 0.4) is 0 Å². The SMILES string of the molecule is CC(C)N(CCOc1ccc2c(c1)C(=O)c1cc(OCCN(C(C)C)C(C)C)ccc1C2=O)C(C)C. The van der Waals surface area contributed by atoms with E-state index in [9.17, 15) is 9.59 Å². The monoisotopic (exact) mass is 494 g/mol. The number of hydrogen-bond acceptors (Lipinski definition) is 6. The molecule has 6 heteroatoms. The van der Waals surface area contributed by atoms with E-state index in [0.29, 0.717) is 71.1 Å². The van der Waals surface area contributed by atoms with Crippen molar-refractivity contribution < 1.29 is 19.1 Å². The van der Waals surface area contributed by atoms with E-state index in [4.69, 9.17) is 9.47 Å². The van der Waals surface area contributed by atoms with Crippen LogP contribution in [0.25, 0.3) is 0 Å². The van der Waals surface area contributed by atoms with Crippen LogP contribution in [0.15, 0.2) is 36.4 Å². The predicted molar refractivity (Wildman–Crippen MR) is 145 cm³/mol. The summed E-state index contributed by atoms with van der Waals surface area (Å²) in [5.74, 6) is 0.878. The summed E-state index contributed by atoms with van der Waals surface area (Å²) in [5, 5.41) is 0. The molecule has 0 atom stereocenters. The van der Waals surface area contributed by atoms with Crippen molar-refractivity contribution in [3.05, 3.63) is 58.7 Å². The van der Waals surface area contributed by atoms with Crippen LogP contribution in [0.5, 0.6) is 11.5 Å². The minimum atomic E-state index is -0.174. The summed E-state index contributed by atoms with van der Waals surface area (Å²) >= 11 is 0. The van der Waals surface area contributed by atoms with Gasteiger partial charge in [0, 0.05) is 59.5 Å². The first-order valence-electron chi connectivity index (χ1n) is 13.2. The van der Waals surface area contributed by atoms with Gasteiger partial charge in [-0.2, -0.15) is 0 Å². The molecule has 0 radical (unpaired) electrons. The molecule has 0 unspecified atom stereocenters. The summed E-state index contributed by atoms with van der Waals surface area (Å²) in [5.41, 5.74) is 1.61. The Morgan fingerprint density at radius 3 is 1.22 bits per heavy atom. The summed E-state index contributed by atoms with van der Waals surface area (Å²) < 4.78 is 12.0. The molecule has 2 aromatic carbocycles. The van der Waals surface area contributed by atoms with E-state index in [0.717, 1.165) is 13.1 Å². The fourth-order valence-electron chi connectivity index (χ4n) is 5.05. The van der Waals surface area contributed by atoms with Crippen LogP contribution in [-0.2, 0) is 0 Å². The third kappa shape index (κ3) is 6.34. The molecule has 0 fully saturated rings. The molecule has 3 rings (SSSR count). The second-order valence-corrected chi connectivity index (χ2v) is 10.6. The molecule has 0 amide bonds. The molecular formula is C30H42N2O4. The van der Waals surface area contributed by atoms with Crippen molar-refractivity contribution in [1.29, 1.82) is 0 Å². The molecule has 0 aromatic heterocycles. The molecule has 196 valence electrons. The summed E-state index contributed by atoms with van der Waals surface area (Å²) in [6, 6.07) is 12.0. The van der Waals surface area contributed by atoms with Crippen LogP contribution in [0.1, 0.15) is 87.2 Å². The molecule has 0 heterocycles. The van der Waals surface area contributed by atoms with Gasteiger partial charge in [-0.3, -0.25) is 19.4 Å². The maximum Gasteiger partial charge on any atom is 0.194 e. The lowest BCUT2D eigenvalue weighted by Crippen LogP contribution is -2.39. The standard InChI is InChI=1S/C30H42N2O4/c1-19(2)31(20(3)4)13-15-35-23-9-11-25-27(17-23)30(34)28-18-24(10-12-26(28)29(25)33)36-16-14-32(21(5)6)22(7)8/h9-12,17-22H,13-16H2,1-8H3. The lowest BCUT2D eigenvalue weighted by Gasteiger charge is -2.30. The van der Waals surface area contributed by atoms with E-state index in [2.05, 4.69) is 65.2 Å². The number of carbonyl (C=O) groups is 2. The van der Waals surface area contributed by atoms with Crippen LogP contribution in [0.4, 0.5) is 0 Å². The van der Waals surface area contributed by atoms with Crippen molar-refractivity contribution in [2.75, 3.05) is 26.3 Å². The Labute approximate surface area is 216 Å². The van der Waals surface area contributed by atoms with Crippen LogP contribution in [0.2, 0.25) is 0 Å². The molecule has 36 heavy (non-hydrogen) atoms. The lowest BCUT2D eigenvalue weighted by atomic mass is 9.84. The van der Waals surface area contributed by atoms with Crippen molar-refractivity contribution in [3.63, 3.8) is 0 Å². The summed E-state index contributed by atoms with van der Waals surface area (Å²) in [6.07, 6.45) is 0. The number of fused-ring (bicyclic) bond motifs is 2. The van der Waals surface area contributed by atoms with Gasteiger partial charge in [-0.1, -0.05) is 0 Å². The van der Waals surface area contributed by atoms with Gasteiger partial charge in [0.15, 0.2) is 11.6 Å². The highest BCUT2D eigenvalue weighted by atomic mass is 16.5. The number of ketones is 2. The van der Waals surface area contributed by atoms with E-state index in [1.165, 1.54) is 0 Å². The van der Waals surface area contributed by atoms with Gasteiger partial charge in [0.25, 0.3) is 0 Å². The maximum atomic E-state index is 13.4. The fourth-order valence-corrected chi connectivity index (χ4v) is 5.05. The van der Waals surface area contributed by atoms with E-state index >= 15 is 0 Å². The lowest BCUT2D eigenvalue weighted by molar-refractivity contribution is 0.0978. The average Bonchev–Trinajstić information content (AvgIpc) is 2.81. The van der Waals surface area contributed by atoms with Crippen LogP contribution >= 0.6 is 0 Å². The van der Waals surface area contributed by atoms with Gasteiger partial charge in [-0.25, -0.2) is 0 Å². The Morgan fingerprint density at radius 1 is 0.556 bits per heavy atom. The van der Waals surface area contributed by atoms with E-state index in [1.807, 2.05) is 0 Å². The van der Waals surface area contributed by atoms with Gasteiger partial charge in [0.2, 0.25) is 0 Å². The molecular weight excluding hydrogens is 452 g/mol. The van der Waals surface area contributed by atoms with Gasteiger partial charge in [-0.15, -0.1) is 0 Å². The molecule has 0 saturated carbocycles. The van der Waals surface area contributed by atoms with Gasteiger partial charge in [0.1, 0.15) is 24.7 Å². The zero-order chi connectivity index (χ0) is 26.6. The molecule has 0 bridgehead atoms. The van der Waals surface area contributed by atoms with Crippen molar-refractivity contribution >= 4 is 11.6 Å². The Balaban J connectivity index is 1.72. The number of nitrogens with zero attached hydrogens (tertiary/aromatic N) is 2. The largest absolute Gasteiger partial charge is 0.492 e. The van der Waals surface area contributed by atoms with Crippen LogP contribution < -0.4 is 9.47 Å². The van der Waals surface area contributed by atoms with Gasteiger partial charge in [-0.05, 0) is 91.8 Å². The van der Waals surface area contributed by atoms with Crippen molar-refractivity contribution in [1.82, 2.24) is 9.80 Å². The van der Waals surface area contributed by atoms with Crippen LogP contribution in [-0.4, -0.2) is 71.8 Å². The molecule has 0 aliphatic heterocycles. The Hall–Kier alpha value is -2.70. The van der Waals surface area contributed by atoms with E-state index in [-0.39, 0.29) is 11.6 Å².